The Labute approximate surface area is 64.6 Å². The summed E-state index contributed by atoms with van der Waals surface area (Å²) in [6, 6.07) is 0. The maximum Gasteiger partial charge on any atom is 0.322 e. The number of hydrogen-bond donors (Lipinski definition) is 2. The van der Waals surface area contributed by atoms with Crippen LogP contribution in [0.1, 0.15) is 12.8 Å². The SMILES string of the molecule is OC1(O)CC2CC=CC=C2O1. The van der Waals surface area contributed by atoms with Crippen molar-refractivity contribution in [2.75, 3.05) is 0 Å². The summed E-state index contributed by atoms with van der Waals surface area (Å²) in [7, 11) is 0. The summed E-state index contributed by atoms with van der Waals surface area (Å²) in [5.74, 6) is -1.07. The van der Waals surface area contributed by atoms with Gasteiger partial charge in [0.15, 0.2) is 0 Å². The fraction of sp³-hybridized carbons (Fsp3) is 0.500. The van der Waals surface area contributed by atoms with Crippen LogP contribution >= 0.6 is 0 Å². The number of hydrogen-bond acceptors (Lipinski definition) is 3. The first-order valence-corrected chi connectivity index (χ1v) is 3.68. The highest BCUT2D eigenvalue weighted by Gasteiger charge is 2.41. The van der Waals surface area contributed by atoms with Crippen LogP contribution in [0.25, 0.3) is 0 Å². The summed E-state index contributed by atoms with van der Waals surface area (Å²) in [5.41, 5.74) is 0. The van der Waals surface area contributed by atoms with Gasteiger partial charge in [-0.2, -0.15) is 0 Å². The van der Waals surface area contributed by atoms with Crippen molar-refractivity contribution in [2.45, 2.75) is 18.8 Å². The smallest absolute Gasteiger partial charge is 0.322 e. The summed E-state index contributed by atoms with van der Waals surface area (Å²) < 4.78 is 4.87. The molecule has 1 atom stereocenters. The molecule has 3 heteroatoms. The topological polar surface area (TPSA) is 49.7 Å². The van der Waals surface area contributed by atoms with Gasteiger partial charge in [0.1, 0.15) is 5.76 Å². The van der Waals surface area contributed by atoms with Gasteiger partial charge in [0.05, 0.1) is 6.42 Å². The fourth-order valence-corrected chi connectivity index (χ4v) is 1.51. The molecule has 0 amide bonds. The Morgan fingerprint density at radius 3 is 3.09 bits per heavy atom. The van der Waals surface area contributed by atoms with Crippen LogP contribution in [0.2, 0.25) is 0 Å². The molecule has 0 saturated carbocycles. The molecule has 3 nitrogen and oxygen atoms in total. The lowest BCUT2D eigenvalue weighted by Crippen LogP contribution is -2.25. The largest absolute Gasteiger partial charge is 0.443 e. The summed E-state index contributed by atoms with van der Waals surface area (Å²) in [5, 5.41) is 18.2. The van der Waals surface area contributed by atoms with Gasteiger partial charge in [0.2, 0.25) is 0 Å². The first-order valence-electron chi connectivity index (χ1n) is 3.68. The summed E-state index contributed by atoms with van der Waals surface area (Å²) in [6.07, 6.45) is 6.77. The molecule has 1 unspecified atom stereocenters. The molecular formula is C8H10O3. The average molecular weight is 154 g/mol. The van der Waals surface area contributed by atoms with E-state index in [1.165, 1.54) is 0 Å². The highest BCUT2D eigenvalue weighted by Crippen LogP contribution is 2.38. The lowest BCUT2D eigenvalue weighted by atomic mass is 9.97. The quantitative estimate of drug-likeness (QED) is 0.500. The zero-order valence-electron chi connectivity index (χ0n) is 6.03. The Balaban J connectivity index is 2.21. The minimum Gasteiger partial charge on any atom is -0.443 e. The number of fused-ring (bicyclic) bond motifs is 1. The third kappa shape index (κ3) is 1.17. The zero-order valence-corrected chi connectivity index (χ0v) is 6.03. The molecule has 0 bridgehead atoms. The molecular weight excluding hydrogens is 144 g/mol. The van der Waals surface area contributed by atoms with Crippen LogP contribution in [-0.4, -0.2) is 16.2 Å². The molecule has 1 heterocycles. The maximum atomic E-state index is 9.09. The second-order valence-electron chi connectivity index (χ2n) is 2.98. The normalized spacial score (nSPS) is 32.5. The number of allylic oxidation sites excluding steroid dienone is 4. The average Bonchev–Trinajstić information content (AvgIpc) is 2.21. The third-order valence-electron chi connectivity index (χ3n) is 2.01. The minimum absolute atomic E-state index is 0.162. The molecule has 60 valence electrons. The van der Waals surface area contributed by atoms with Gasteiger partial charge < -0.3 is 14.9 Å². The monoisotopic (exact) mass is 154 g/mol. The van der Waals surface area contributed by atoms with E-state index in [2.05, 4.69) is 0 Å². The predicted octanol–water partition coefficient (Wildman–Crippen LogP) is 0.505. The van der Waals surface area contributed by atoms with Gasteiger partial charge >= 0.3 is 5.97 Å². The molecule has 2 aliphatic rings. The molecule has 0 spiro atoms. The van der Waals surface area contributed by atoms with Crippen molar-refractivity contribution < 1.29 is 14.9 Å². The van der Waals surface area contributed by atoms with E-state index >= 15 is 0 Å². The molecule has 1 fully saturated rings. The van der Waals surface area contributed by atoms with Gasteiger partial charge in [0.25, 0.3) is 0 Å². The van der Waals surface area contributed by atoms with Gasteiger partial charge in [-0.25, -0.2) is 0 Å². The second kappa shape index (κ2) is 2.09. The Morgan fingerprint density at radius 1 is 1.55 bits per heavy atom. The minimum atomic E-state index is -1.93. The van der Waals surface area contributed by atoms with E-state index in [1.54, 1.807) is 6.08 Å². The standard InChI is InChI=1S/C8H10O3/c9-8(10)5-6-3-1-2-4-7(6)11-8/h1-2,4,6,9-10H,3,5H2. The second-order valence-corrected chi connectivity index (χ2v) is 2.98. The van der Waals surface area contributed by atoms with Crippen molar-refractivity contribution >= 4 is 0 Å². The molecule has 1 saturated heterocycles. The molecule has 1 aliphatic carbocycles. The van der Waals surface area contributed by atoms with Crippen molar-refractivity contribution in [3.8, 4) is 0 Å². The fourth-order valence-electron chi connectivity index (χ4n) is 1.51. The lowest BCUT2D eigenvalue weighted by molar-refractivity contribution is -0.302. The summed E-state index contributed by atoms with van der Waals surface area (Å²) in [6.45, 7) is 0. The number of aliphatic hydroxyl groups is 2. The number of rotatable bonds is 0. The highest BCUT2D eigenvalue weighted by molar-refractivity contribution is 5.19. The van der Waals surface area contributed by atoms with Crippen LogP contribution in [-0.2, 0) is 4.74 Å². The summed E-state index contributed by atoms with van der Waals surface area (Å²) in [4.78, 5) is 0. The highest BCUT2D eigenvalue weighted by atomic mass is 16.8. The molecule has 2 rings (SSSR count). The first kappa shape index (κ1) is 6.88. The summed E-state index contributed by atoms with van der Waals surface area (Å²) >= 11 is 0. The predicted molar refractivity (Wildman–Crippen MR) is 38.2 cm³/mol. The van der Waals surface area contributed by atoms with Gasteiger partial charge in [0, 0.05) is 5.92 Å². The third-order valence-corrected chi connectivity index (χ3v) is 2.01. The van der Waals surface area contributed by atoms with E-state index in [9.17, 15) is 0 Å². The molecule has 0 aromatic heterocycles. The Bertz CT molecular complexity index is 227. The Hall–Kier alpha value is -0.800. The van der Waals surface area contributed by atoms with E-state index in [4.69, 9.17) is 14.9 Å². The van der Waals surface area contributed by atoms with E-state index in [1.807, 2.05) is 12.2 Å². The van der Waals surface area contributed by atoms with Crippen molar-refractivity contribution in [3.63, 3.8) is 0 Å². The molecule has 11 heavy (non-hydrogen) atoms. The molecule has 0 radical (unpaired) electrons. The molecule has 0 aromatic carbocycles. The van der Waals surface area contributed by atoms with Crippen LogP contribution < -0.4 is 0 Å². The first-order chi connectivity index (χ1) is 5.17. The number of ether oxygens (including phenoxy) is 1. The van der Waals surface area contributed by atoms with E-state index in [-0.39, 0.29) is 12.3 Å². The van der Waals surface area contributed by atoms with Crippen LogP contribution in [0, 0.1) is 5.92 Å². The Morgan fingerprint density at radius 2 is 2.36 bits per heavy atom. The van der Waals surface area contributed by atoms with Gasteiger partial charge in [-0.05, 0) is 12.5 Å². The molecule has 0 aromatic rings. The van der Waals surface area contributed by atoms with Crippen molar-refractivity contribution in [2.24, 2.45) is 5.92 Å². The van der Waals surface area contributed by atoms with Crippen LogP contribution in [0.4, 0.5) is 0 Å². The maximum absolute atomic E-state index is 9.09. The van der Waals surface area contributed by atoms with Gasteiger partial charge in [-0.15, -0.1) is 0 Å². The lowest BCUT2D eigenvalue weighted by Gasteiger charge is -2.12. The van der Waals surface area contributed by atoms with Crippen LogP contribution in [0.15, 0.2) is 24.0 Å². The van der Waals surface area contributed by atoms with Gasteiger partial charge in [-0.3, -0.25) is 0 Å². The van der Waals surface area contributed by atoms with E-state index in [0.717, 1.165) is 6.42 Å². The van der Waals surface area contributed by atoms with Crippen molar-refractivity contribution in [1.29, 1.82) is 0 Å². The zero-order chi connectivity index (χ0) is 7.90. The van der Waals surface area contributed by atoms with Crippen LogP contribution in [0.5, 0.6) is 0 Å². The van der Waals surface area contributed by atoms with E-state index in [0.29, 0.717) is 5.76 Å². The molecule has 2 N–H and O–H groups in total. The van der Waals surface area contributed by atoms with Crippen molar-refractivity contribution in [3.05, 3.63) is 24.0 Å². The van der Waals surface area contributed by atoms with E-state index < -0.39 is 5.97 Å². The molecule has 1 aliphatic heterocycles. The van der Waals surface area contributed by atoms with Crippen LogP contribution in [0.3, 0.4) is 0 Å². The van der Waals surface area contributed by atoms with Crippen molar-refractivity contribution in [1.82, 2.24) is 0 Å². The van der Waals surface area contributed by atoms with Gasteiger partial charge in [-0.1, -0.05) is 12.2 Å². The Kier molecular flexibility index (Phi) is 1.31.